The number of likely N-dealkylation sites (tertiary alicyclic amines) is 1. The van der Waals surface area contributed by atoms with Crippen molar-refractivity contribution in [3.05, 3.63) is 35.7 Å². The number of nitrogens with zero attached hydrogens (tertiary/aromatic N) is 3. The van der Waals surface area contributed by atoms with Gasteiger partial charge in [-0.2, -0.15) is 0 Å². The van der Waals surface area contributed by atoms with E-state index in [0.29, 0.717) is 24.4 Å². The molecule has 2 aromatic heterocycles. The van der Waals surface area contributed by atoms with E-state index in [1.807, 2.05) is 4.90 Å². The molecule has 3 atom stereocenters. The highest BCUT2D eigenvalue weighted by molar-refractivity contribution is 5.93. The van der Waals surface area contributed by atoms with Crippen molar-refractivity contribution in [1.82, 2.24) is 25.3 Å². The highest BCUT2D eigenvalue weighted by Gasteiger charge is 2.53. The molecule has 4 rings (SSSR count). The van der Waals surface area contributed by atoms with E-state index in [2.05, 4.69) is 20.4 Å². The summed E-state index contributed by atoms with van der Waals surface area (Å²) in [5.41, 5.74) is 0.375. The molecule has 1 aliphatic carbocycles. The smallest absolute Gasteiger partial charge is 0.273 e. The average molecular weight is 373 g/mol. The van der Waals surface area contributed by atoms with Crippen LogP contribution in [0, 0.1) is 6.92 Å². The van der Waals surface area contributed by atoms with Crippen molar-refractivity contribution in [2.75, 3.05) is 13.7 Å². The van der Waals surface area contributed by atoms with Crippen LogP contribution < -0.4 is 5.32 Å². The SMILES string of the molecule is CO[C@@]12CC[C@@H](NC(=O)c3cc(C)on3)C[C@@H]1N(C(=O)c1cnc[nH]1)CC2. The van der Waals surface area contributed by atoms with Crippen LogP contribution >= 0.6 is 0 Å². The molecule has 1 saturated heterocycles. The summed E-state index contributed by atoms with van der Waals surface area (Å²) in [5.74, 6) is 0.246. The second kappa shape index (κ2) is 6.80. The van der Waals surface area contributed by atoms with Crippen LogP contribution in [0.25, 0.3) is 0 Å². The summed E-state index contributed by atoms with van der Waals surface area (Å²) < 4.78 is 10.9. The van der Waals surface area contributed by atoms with Crippen molar-refractivity contribution in [3.8, 4) is 0 Å². The number of aromatic nitrogens is 3. The summed E-state index contributed by atoms with van der Waals surface area (Å²) in [6.07, 6.45) is 6.02. The van der Waals surface area contributed by atoms with Gasteiger partial charge in [0.15, 0.2) is 5.69 Å². The summed E-state index contributed by atoms with van der Waals surface area (Å²) in [6.45, 7) is 2.37. The number of methoxy groups -OCH3 is 1. The molecule has 2 amide bonds. The van der Waals surface area contributed by atoms with Crippen molar-refractivity contribution in [2.24, 2.45) is 0 Å². The number of carbonyl (C=O) groups excluding carboxylic acids is 2. The molecule has 0 bridgehead atoms. The summed E-state index contributed by atoms with van der Waals surface area (Å²) in [7, 11) is 1.70. The minimum atomic E-state index is -0.360. The van der Waals surface area contributed by atoms with Gasteiger partial charge in [0, 0.05) is 25.8 Å². The Morgan fingerprint density at radius 3 is 2.96 bits per heavy atom. The van der Waals surface area contributed by atoms with Gasteiger partial charge in [0.1, 0.15) is 11.5 Å². The fourth-order valence-corrected chi connectivity index (χ4v) is 4.33. The van der Waals surface area contributed by atoms with E-state index in [1.165, 1.54) is 12.5 Å². The molecule has 1 saturated carbocycles. The van der Waals surface area contributed by atoms with Crippen molar-refractivity contribution in [2.45, 2.75) is 50.3 Å². The van der Waals surface area contributed by atoms with Gasteiger partial charge < -0.3 is 24.5 Å². The zero-order valence-electron chi connectivity index (χ0n) is 15.4. The van der Waals surface area contributed by atoms with Crippen LogP contribution in [0.15, 0.2) is 23.1 Å². The van der Waals surface area contributed by atoms with Gasteiger partial charge in [-0.05, 0) is 32.6 Å². The fraction of sp³-hybridized carbons (Fsp3) is 0.556. The lowest BCUT2D eigenvalue weighted by molar-refractivity contribution is -0.0626. The van der Waals surface area contributed by atoms with Gasteiger partial charge in [-0.3, -0.25) is 9.59 Å². The van der Waals surface area contributed by atoms with Gasteiger partial charge in [-0.1, -0.05) is 5.16 Å². The third-order valence-electron chi connectivity index (χ3n) is 5.77. The molecule has 2 N–H and O–H groups in total. The Kier molecular flexibility index (Phi) is 4.47. The van der Waals surface area contributed by atoms with Crippen LogP contribution in [0.3, 0.4) is 0 Å². The number of fused-ring (bicyclic) bond motifs is 1. The molecule has 1 aliphatic heterocycles. The average Bonchev–Trinajstić information content (AvgIpc) is 3.41. The van der Waals surface area contributed by atoms with E-state index in [0.717, 1.165) is 19.3 Å². The minimum Gasteiger partial charge on any atom is -0.376 e. The summed E-state index contributed by atoms with van der Waals surface area (Å²) in [5, 5.41) is 6.79. The molecular formula is C18H23N5O4. The second-order valence-corrected chi connectivity index (χ2v) is 7.27. The van der Waals surface area contributed by atoms with Gasteiger partial charge in [0.2, 0.25) is 0 Å². The van der Waals surface area contributed by atoms with Crippen LogP contribution in [0.5, 0.6) is 0 Å². The zero-order valence-corrected chi connectivity index (χ0v) is 15.4. The highest BCUT2D eigenvalue weighted by Crippen LogP contribution is 2.42. The first-order valence-corrected chi connectivity index (χ1v) is 9.11. The normalized spacial score (nSPS) is 27.4. The summed E-state index contributed by atoms with van der Waals surface area (Å²) in [6, 6.07) is 1.45. The number of nitrogens with one attached hydrogen (secondary N) is 2. The molecule has 9 heteroatoms. The number of ether oxygens (including phenoxy) is 1. The number of imidazole rings is 1. The third kappa shape index (κ3) is 3.12. The standard InChI is InChI=1S/C18H23N5O4/c1-11-7-13(22-27-11)16(24)21-12-3-4-18(26-2)5-6-23(15(18)8-12)17(25)14-9-19-10-20-14/h7,9-10,12,15H,3-6,8H2,1-2H3,(H,19,20)(H,21,24)/t12-,15+,18-/m1/s1. The maximum atomic E-state index is 12.9. The molecule has 0 radical (unpaired) electrons. The Labute approximate surface area is 156 Å². The monoisotopic (exact) mass is 373 g/mol. The predicted molar refractivity (Wildman–Crippen MR) is 94.1 cm³/mol. The van der Waals surface area contributed by atoms with E-state index >= 15 is 0 Å². The quantitative estimate of drug-likeness (QED) is 0.835. The van der Waals surface area contributed by atoms with E-state index < -0.39 is 0 Å². The van der Waals surface area contributed by atoms with E-state index in [1.54, 1.807) is 20.1 Å². The molecule has 2 aromatic rings. The van der Waals surface area contributed by atoms with Crippen molar-refractivity contribution in [1.29, 1.82) is 0 Å². The van der Waals surface area contributed by atoms with Crippen molar-refractivity contribution >= 4 is 11.8 Å². The Balaban J connectivity index is 1.50. The maximum Gasteiger partial charge on any atom is 0.273 e. The van der Waals surface area contributed by atoms with Crippen LogP contribution in [-0.4, -0.2) is 63.2 Å². The largest absolute Gasteiger partial charge is 0.376 e. The number of amides is 2. The minimum absolute atomic E-state index is 0.0575. The predicted octanol–water partition coefficient (Wildman–Crippen LogP) is 1.29. The molecule has 0 unspecified atom stereocenters. The molecule has 3 heterocycles. The second-order valence-electron chi connectivity index (χ2n) is 7.27. The molecule has 27 heavy (non-hydrogen) atoms. The molecule has 0 aromatic carbocycles. The Morgan fingerprint density at radius 1 is 1.44 bits per heavy atom. The number of carbonyl (C=O) groups is 2. The molecule has 2 aliphatic rings. The van der Waals surface area contributed by atoms with E-state index in [-0.39, 0.29) is 35.2 Å². The van der Waals surface area contributed by atoms with Gasteiger partial charge in [-0.25, -0.2) is 4.98 Å². The number of aryl methyl sites for hydroxylation is 1. The number of aromatic amines is 1. The van der Waals surface area contributed by atoms with E-state index in [4.69, 9.17) is 9.26 Å². The first-order valence-electron chi connectivity index (χ1n) is 9.11. The Morgan fingerprint density at radius 2 is 2.30 bits per heavy atom. The van der Waals surface area contributed by atoms with Crippen LogP contribution in [0.4, 0.5) is 0 Å². The molecule has 0 spiro atoms. The number of H-pyrrole nitrogens is 1. The van der Waals surface area contributed by atoms with Gasteiger partial charge in [0.25, 0.3) is 11.8 Å². The topological polar surface area (TPSA) is 113 Å². The zero-order chi connectivity index (χ0) is 19.0. The number of hydrogen-bond donors (Lipinski definition) is 2. The molecular weight excluding hydrogens is 350 g/mol. The maximum absolute atomic E-state index is 12.9. The van der Waals surface area contributed by atoms with Crippen molar-refractivity contribution in [3.63, 3.8) is 0 Å². The first-order chi connectivity index (χ1) is 13.0. The number of rotatable bonds is 4. The summed E-state index contributed by atoms with van der Waals surface area (Å²) in [4.78, 5) is 33.9. The van der Waals surface area contributed by atoms with Crippen molar-refractivity contribution < 1.29 is 18.8 Å². The third-order valence-corrected chi connectivity index (χ3v) is 5.77. The lowest BCUT2D eigenvalue weighted by Gasteiger charge is -2.43. The van der Waals surface area contributed by atoms with Crippen LogP contribution in [-0.2, 0) is 4.74 Å². The Bertz CT molecular complexity index is 833. The van der Waals surface area contributed by atoms with Gasteiger partial charge in [0.05, 0.1) is 24.2 Å². The van der Waals surface area contributed by atoms with Crippen LogP contribution in [0.2, 0.25) is 0 Å². The highest BCUT2D eigenvalue weighted by atomic mass is 16.5. The van der Waals surface area contributed by atoms with Gasteiger partial charge >= 0.3 is 0 Å². The molecule has 2 fully saturated rings. The first kappa shape index (κ1) is 17.7. The number of hydrogen-bond acceptors (Lipinski definition) is 6. The summed E-state index contributed by atoms with van der Waals surface area (Å²) >= 11 is 0. The fourth-order valence-electron chi connectivity index (χ4n) is 4.33. The lowest BCUT2D eigenvalue weighted by atomic mass is 9.78. The van der Waals surface area contributed by atoms with Gasteiger partial charge in [-0.15, -0.1) is 0 Å². The van der Waals surface area contributed by atoms with E-state index in [9.17, 15) is 9.59 Å². The molecule has 144 valence electrons. The Hall–Kier alpha value is -2.68. The molecule has 9 nitrogen and oxygen atoms in total. The van der Waals surface area contributed by atoms with Crippen LogP contribution in [0.1, 0.15) is 52.4 Å². The lowest BCUT2D eigenvalue weighted by Crippen LogP contribution is -2.55.